The van der Waals surface area contributed by atoms with Gasteiger partial charge in [0.15, 0.2) is 0 Å². The molecule has 0 spiro atoms. The second kappa shape index (κ2) is 5.89. The third-order valence-electron chi connectivity index (χ3n) is 4.52. The Morgan fingerprint density at radius 1 is 1.39 bits per heavy atom. The molecule has 2 heterocycles. The largest absolute Gasteiger partial charge is 0.472 e. The number of aliphatic hydroxyl groups excluding tert-OH is 1. The van der Waals surface area contributed by atoms with E-state index >= 15 is 0 Å². The smallest absolute Gasteiger partial charge is 0.0935 e. The van der Waals surface area contributed by atoms with Crippen LogP contribution in [0.25, 0.3) is 0 Å². The molecule has 3 heteroatoms. The summed E-state index contributed by atoms with van der Waals surface area (Å²) in [5.74, 6) is 0. The van der Waals surface area contributed by atoms with E-state index in [4.69, 9.17) is 4.42 Å². The Balaban J connectivity index is 2.04. The standard InChI is InChI=1S/C15H25NO2/c1-3-15(2,16-8-5-4-6-9-16)14(17)11-13-7-10-18-12-13/h7,10,12,14,17H,3-6,8-9,11H2,1-2H3. The third kappa shape index (κ3) is 2.78. The van der Waals surface area contributed by atoms with Gasteiger partial charge in [0.1, 0.15) is 0 Å². The molecular weight excluding hydrogens is 226 g/mol. The highest BCUT2D eigenvalue weighted by molar-refractivity contribution is 5.09. The Hall–Kier alpha value is -0.800. The summed E-state index contributed by atoms with van der Waals surface area (Å²) in [6.07, 6.45) is 8.57. The Labute approximate surface area is 110 Å². The van der Waals surface area contributed by atoms with E-state index in [0.29, 0.717) is 6.42 Å². The van der Waals surface area contributed by atoms with Crippen LogP contribution in [0.5, 0.6) is 0 Å². The van der Waals surface area contributed by atoms with E-state index in [0.717, 1.165) is 25.1 Å². The van der Waals surface area contributed by atoms with Crippen molar-refractivity contribution in [3.63, 3.8) is 0 Å². The van der Waals surface area contributed by atoms with Crippen LogP contribution in [0, 0.1) is 0 Å². The quantitative estimate of drug-likeness (QED) is 0.874. The van der Waals surface area contributed by atoms with E-state index in [1.807, 2.05) is 6.07 Å². The van der Waals surface area contributed by atoms with Crippen molar-refractivity contribution < 1.29 is 9.52 Å². The number of likely N-dealkylation sites (tertiary alicyclic amines) is 1. The van der Waals surface area contributed by atoms with E-state index in [1.54, 1.807) is 12.5 Å². The van der Waals surface area contributed by atoms with Crippen molar-refractivity contribution in [3.05, 3.63) is 24.2 Å². The van der Waals surface area contributed by atoms with E-state index in [-0.39, 0.29) is 11.6 Å². The number of hydrogen-bond donors (Lipinski definition) is 1. The Morgan fingerprint density at radius 3 is 2.67 bits per heavy atom. The summed E-state index contributed by atoms with van der Waals surface area (Å²) in [7, 11) is 0. The van der Waals surface area contributed by atoms with Crippen LogP contribution in [0.15, 0.2) is 23.0 Å². The fraction of sp³-hybridized carbons (Fsp3) is 0.733. The monoisotopic (exact) mass is 251 g/mol. The summed E-state index contributed by atoms with van der Waals surface area (Å²) < 4.78 is 5.08. The highest BCUT2D eigenvalue weighted by atomic mass is 16.3. The minimum absolute atomic E-state index is 0.113. The number of nitrogens with zero attached hydrogens (tertiary/aromatic N) is 1. The van der Waals surface area contributed by atoms with Gasteiger partial charge in [-0.05, 0) is 50.9 Å². The van der Waals surface area contributed by atoms with Gasteiger partial charge in [-0.2, -0.15) is 0 Å². The molecule has 0 amide bonds. The predicted octanol–water partition coefficient (Wildman–Crippen LogP) is 2.84. The van der Waals surface area contributed by atoms with Crippen LogP contribution in [0.2, 0.25) is 0 Å². The maximum Gasteiger partial charge on any atom is 0.0935 e. The highest BCUT2D eigenvalue weighted by Gasteiger charge is 2.37. The maximum atomic E-state index is 10.6. The SMILES string of the molecule is CCC(C)(C(O)Cc1ccoc1)N1CCCCC1. The zero-order valence-corrected chi connectivity index (χ0v) is 11.6. The van der Waals surface area contributed by atoms with Crippen molar-refractivity contribution in [3.8, 4) is 0 Å². The highest BCUT2D eigenvalue weighted by Crippen LogP contribution is 2.29. The van der Waals surface area contributed by atoms with E-state index in [2.05, 4.69) is 18.7 Å². The summed E-state index contributed by atoms with van der Waals surface area (Å²) >= 11 is 0. The molecule has 1 saturated heterocycles. The molecular formula is C15H25NO2. The summed E-state index contributed by atoms with van der Waals surface area (Å²) in [4.78, 5) is 2.47. The second-order valence-corrected chi connectivity index (χ2v) is 5.61. The minimum Gasteiger partial charge on any atom is -0.472 e. The summed E-state index contributed by atoms with van der Waals surface area (Å²) in [6, 6.07) is 1.94. The van der Waals surface area contributed by atoms with Crippen LogP contribution in [-0.2, 0) is 6.42 Å². The van der Waals surface area contributed by atoms with Crippen LogP contribution >= 0.6 is 0 Å². The minimum atomic E-state index is -0.335. The van der Waals surface area contributed by atoms with Crippen LogP contribution < -0.4 is 0 Å². The molecule has 2 atom stereocenters. The zero-order valence-electron chi connectivity index (χ0n) is 11.6. The molecule has 0 aliphatic carbocycles. The Morgan fingerprint density at radius 2 is 2.11 bits per heavy atom. The second-order valence-electron chi connectivity index (χ2n) is 5.61. The first-order valence-corrected chi connectivity index (χ1v) is 7.11. The molecule has 1 aliphatic rings. The first-order valence-electron chi connectivity index (χ1n) is 7.11. The van der Waals surface area contributed by atoms with Crippen LogP contribution in [-0.4, -0.2) is 34.7 Å². The van der Waals surface area contributed by atoms with Crippen molar-refractivity contribution >= 4 is 0 Å². The summed E-state index contributed by atoms with van der Waals surface area (Å²) in [5.41, 5.74) is 0.969. The van der Waals surface area contributed by atoms with Gasteiger partial charge in [0.25, 0.3) is 0 Å². The van der Waals surface area contributed by atoms with Gasteiger partial charge in [-0.15, -0.1) is 0 Å². The van der Waals surface area contributed by atoms with Gasteiger partial charge in [0, 0.05) is 12.0 Å². The van der Waals surface area contributed by atoms with Gasteiger partial charge in [-0.1, -0.05) is 13.3 Å². The molecule has 1 fully saturated rings. The lowest BCUT2D eigenvalue weighted by Crippen LogP contribution is -2.56. The average molecular weight is 251 g/mol. The number of piperidine rings is 1. The fourth-order valence-corrected chi connectivity index (χ4v) is 2.93. The average Bonchev–Trinajstić information content (AvgIpc) is 2.91. The lowest BCUT2D eigenvalue weighted by atomic mass is 9.85. The molecule has 0 bridgehead atoms. The number of aliphatic hydroxyl groups is 1. The van der Waals surface area contributed by atoms with Crippen LogP contribution in [0.4, 0.5) is 0 Å². The van der Waals surface area contributed by atoms with Gasteiger partial charge in [0.05, 0.1) is 18.6 Å². The van der Waals surface area contributed by atoms with Gasteiger partial charge in [0.2, 0.25) is 0 Å². The fourth-order valence-electron chi connectivity index (χ4n) is 2.93. The van der Waals surface area contributed by atoms with E-state index < -0.39 is 0 Å². The van der Waals surface area contributed by atoms with E-state index in [1.165, 1.54) is 19.3 Å². The Kier molecular flexibility index (Phi) is 4.46. The van der Waals surface area contributed by atoms with Gasteiger partial charge < -0.3 is 9.52 Å². The van der Waals surface area contributed by atoms with Crippen molar-refractivity contribution in [1.29, 1.82) is 0 Å². The molecule has 0 saturated carbocycles. The lowest BCUT2D eigenvalue weighted by Gasteiger charge is -2.46. The molecule has 3 nitrogen and oxygen atoms in total. The maximum absolute atomic E-state index is 10.6. The molecule has 0 radical (unpaired) electrons. The van der Waals surface area contributed by atoms with Crippen molar-refractivity contribution in [2.45, 2.75) is 57.6 Å². The molecule has 1 N–H and O–H groups in total. The predicted molar refractivity (Wildman–Crippen MR) is 72.5 cm³/mol. The normalized spacial score (nSPS) is 22.6. The first-order chi connectivity index (χ1) is 8.66. The van der Waals surface area contributed by atoms with Gasteiger partial charge in [-0.3, -0.25) is 4.90 Å². The molecule has 1 aliphatic heterocycles. The Bertz CT molecular complexity index is 343. The summed E-state index contributed by atoms with van der Waals surface area (Å²) in [5, 5.41) is 10.6. The molecule has 18 heavy (non-hydrogen) atoms. The molecule has 0 aromatic carbocycles. The first kappa shape index (κ1) is 13.6. The number of rotatable bonds is 5. The third-order valence-corrected chi connectivity index (χ3v) is 4.52. The zero-order chi connectivity index (χ0) is 13.0. The van der Waals surface area contributed by atoms with E-state index in [9.17, 15) is 5.11 Å². The van der Waals surface area contributed by atoms with Crippen LogP contribution in [0.1, 0.15) is 45.1 Å². The molecule has 2 unspecified atom stereocenters. The van der Waals surface area contributed by atoms with Gasteiger partial charge in [-0.25, -0.2) is 0 Å². The number of hydrogen-bond acceptors (Lipinski definition) is 3. The van der Waals surface area contributed by atoms with Crippen molar-refractivity contribution in [2.75, 3.05) is 13.1 Å². The molecule has 102 valence electrons. The molecule has 2 rings (SSSR count). The molecule has 1 aromatic rings. The van der Waals surface area contributed by atoms with Gasteiger partial charge >= 0.3 is 0 Å². The molecule has 1 aromatic heterocycles. The topological polar surface area (TPSA) is 36.6 Å². The van der Waals surface area contributed by atoms with Crippen molar-refractivity contribution in [1.82, 2.24) is 4.90 Å². The van der Waals surface area contributed by atoms with Crippen molar-refractivity contribution in [2.24, 2.45) is 0 Å². The van der Waals surface area contributed by atoms with Crippen LogP contribution in [0.3, 0.4) is 0 Å². The lowest BCUT2D eigenvalue weighted by molar-refractivity contribution is -0.0329. The number of furan rings is 1. The summed E-state index contributed by atoms with van der Waals surface area (Å²) in [6.45, 7) is 6.61.